The second kappa shape index (κ2) is 9.84. The summed E-state index contributed by atoms with van der Waals surface area (Å²) < 4.78 is 1.62. The van der Waals surface area contributed by atoms with Gasteiger partial charge in [0.05, 0.1) is 29.9 Å². The van der Waals surface area contributed by atoms with E-state index in [9.17, 15) is 14.9 Å². The summed E-state index contributed by atoms with van der Waals surface area (Å²) in [5.41, 5.74) is 0. The lowest BCUT2D eigenvalue weighted by molar-refractivity contribution is -0.389. The number of hydrogen-bond donors (Lipinski definition) is 2. The Morgan fingerprint density at radius 1 is 1.38 bits per heavy atom. The van der Waals surface area contributed by atoms with E-state index in [2.05, 4.69) is 20.6 Å². The molecule has 1 aromatic rings. The average molecular weight is 387 g/mol. The first-order valence-corrected chi connectivity index (χ1v) is 9.03. The molecular formula is C16H27ClN6O3. The minimum absolute atomic E-state index is 0. The maximum absolute atomic E-state index is 12.1. The molecule has 9 nitrogen and oxygen atoms in total. The number of nitrogens with one attached hydrogen (secondary N) is 2. The zero-order valence-electron chi connectivity index (χ0n) is 14.8. The smallest absolute Gasteiger partial charge is 0.358 e. The molecule has 0 bridgehead atoms. The second-order valence-corrected chi connectivity index (χ2v) is 6.90. The molecule has 0 saturated carbocycles. The van der Waals surface area contributed by atoms with E-state index in [-0.39, 0.29) is 30.2 Å². The average Bonchev–Trinajstić information content (AvgIpc) is 3.30. The summed E-state index contributed by atoms with van der Waals surface area (Å²) in [6.07, 6.45) is 5.89. The number of nitro groups is 1. The first-order chi connectivity index (χ1) is 12.1. The van der Waals surface area contributed by atoms with Crippen molar-refractivity contribution in [2.24, 2.45) is 5.92 Å². The normalized spacial score (nSPS) is 23.4. The predicted molar refractivity (Wildman–Crippen MR) is 99.3 cm³/mol. The fraction of sp³-hybridized carbons (Fsp3) is 0.750. The van der Waals surface area contributed by atoms with E-state index in [4.69, 9.17) is 0 Å². The third-order valence-corrected chi connectivity index (χ3v) is 5.00. The van der Waals surface area contributed by atoms with E-state index in [1.54, 1.807) is 10.9 Å². The Morgan fingerprint density at radius 3 is 2.92 bits per heavy atom. The lowest BCUT2D eigenvalue weighted by atomic mass is 9.98. The van der Waals surface area contributed by atoms with Crippen molar-refractivity contribution in [3.05, 3.63) is 22.4 Å². The van der Waals surface area contributed by atoms with Crippen LogP contribution in [-0.4, -0.2) is 64.3 Å². The van der Waals surface area contributed by atoms with Gasteiger partial charge >= 0.3 is 5.82 Å². The van der Waals surface area contributed by atoms with Gasteiger partial charge in [0.25, 0.3) is 0 Å². The zero-order chi connectivity index (χ0) is 17.6. The van der Waals surface area contributed by atoms with E-state index in [1.165, 1.54) is 6.07 Å². The summed E-state index contributed by atoms with van der Waals surface area (Å²) in [5, 5.41) is 20.9. The third-order valence-electron chi connectivity index (χ3n) is 5.00. The van der Waals surface area contributed by atoms with Crippen molar-refractivity contribution in [2.75, 3.05) is 32.7 Å². The molecule has 2 N–H and O–H groups in total. The fourth-order valence-corrected chi connectivity index (χ4v) is 3.61. The first-order valence-electron chi connectivity index (χ1n) is 9.03. The van der Waals surface area contributed by atoms with E-state index in [1.807, 2.05) is 0 Å². The Bertz CT molecular complexity index is 605. The molecule has 2 aliphatic heterocycles. The van der Waals surface area contributed by atoms with Gasteiger partial charge in [0.2, 0.25) is 5.91 Å². The van der Waals surface area contributed by atoms with E-state index < -0.39 is 4.92 Å². The number of aromatic nitrogens is 2. The van der Waals surface area contributed by atoms with Crippen LogP contribution in [0, 0.1) is 16.0 Å². The van der Waals surface area contributed by atoms with Crippen LogP contribution >= 0.6 is 12.4 Å². The van der Waals surface area contributed by atoms with Crippen molar-refractivity contribution in [1.82, 2.24) is 25.3 Å². The molecule has 0 spiro atoms. The zero-order valence-corrected chi connectivity index (χ0v) is 15.6. The Balaban J connectivity index is 0.00000243. The molecule has 3 rings (SSSR count). The molecule has 2 atom stereocenters. The standard InChI is InChI=1S/C16H26N6O3.ClH/c23-16(14-4-1-6-17-14)18-11-13-3-2-7-20(12-13)9-10-21-8-5-15(19-21)22(24)25;/h5,8,13-14,17H,1-4,6-7,9-12H2,(H,18,23);1H. The number of likely N-dealkylation sites (tertiary alicyclic amines) is 1. The van der Waals surface area contributed by atoms with Crippen molar-refractivity contribution in [2.45, 2.75) is 38.3 Å². The van der Waals surface area contributed by atoms with Gasteiger partial charge < -0.3 is 25.6 Å². The van der Waals surface area contributed by atoms with Gasteiger partial charge in [-0.1, -0.05) is 0 Å². The van der Waals surface area contributed by atoms with Gasteiger partial charge in [0.15, 0.2) is 0 Å². The molecule has 0 aromatic carbocycles. The van der Waals surface area contributed by atoms with Crippen LogP contribution in [0.2, 0.25) is 0 Å². The van der Waals surface area contributed by atoms with Crippen molar-refractivity contribution in [3.63, 3.8) is 0 Å². The molecule has 2 unspecified atom stereocenters. The van der Waals surface area contributed by atoms with Crippen LogP contribution in [0.1, 0.15) is 25.7 Å². The Hall–Kier alpha value is -1.71. The van der Waals surface area contributed by atoms with Gasteiger partial charge in [-0.15, -0.1) is 12.4 Å². The molecule has 2 saturated heterocycles. The Kier molecular flexibility index (Phi) is 7.80. The molecule has 3 heterocycles. The molecule has 0 radical (unpaired) electrons. The Morgan fingerprint density at radius 2 is 2.23 bits per heavy atom. The van der Waals surface area contributed by atoms with Crippen molar-refractivity contribution >= 4 is 24.1 Å². The first kappa shape index (κ1) is 20.6. The van der Waals surface area contributed by atoms with Crippen molar-refractivity contribution in [3.8, 4) is 0 Å². The van der Waals surface area contributed by atoms with Crippen LogP contribution in [0.5, 0.6) is 0 Å². The van der Waals surface area contributed by atoms with Crippen LogP contribution in [0.3, 0.4) is 0 Å². The predicted octanol–water partition coefficient (Wildman–Crippen LogP) is 0.793. The topological polar surface area (TPSA) is 105 Å². The number of nitrogens with zero attached hydrogens (tertiary/aromatic N) is 4. The van der Waals surface area contributed by atoms with Gasteiger partial charge in [0, 0.05) is 19.6 Å². The van der Waals surface area contributed by atoms with Crippen LogP contribution in [0.4, 0.5) is 5.82 Å². The number of hydrogen-bond acceptors (Lipinski definition) is 6. The molecule has 1 aromatic heterocycles. The number of piperidine rings is 1. The van der Waals surface area contributed by atoms with Crippen LogP contribution in [0.15, 0.2) is 12.3 Å². The maximum Gasteiger partial charge on any atom is 0.389 e. The third kappa shape index (κ3) is 5.65. The summed E-state index contributed by atoms with van der Waals surface area (Å²) in [7, 11) is 0. The second-order valence-electron chi connectivity index (χ2n) is 6.90. The molecule has 146 valence electrons. The maximum atomic E-state index is 12.1. The largest absolute Gasteiger partial charge is 0.389 e. The van der Waals surface area contributed by atoms with E-state index >= 15 is 0 Å². The van der Waals surface area contributed by atoms with Crippen LogP contribution < -0.4 is 10.6 Å². The molecule has 2 fully saturated rings. The molecule has 2 aliphatic rings. The number of rotatable bonds is 7. The number of halogens is 1. The van der Waals surface area contributed by atoms with Gasteiger partial charge in [-0.3, -0.25) is 4.79 Å². The number of amides is 1. The summed E-state index contributed by atoms with van der Waals surface area (Å²) in [4.78, 5) is 24.6. The molecule has 26 heavy (non-hydrogen) atoms. The molecule has 10 heteroatoms. The van der Waals surface area contributed by atoms with Crippen molar-refractivity contribution in [1.29, 1.82) is 0 Å². The summed E-state index contributed by atoms with van der Waals surface area (Å²) in [5.74, 6) is 0.476. The minimum atomic E-state index is -0.477. The number of carbonyl (C=O) groups excluding carboxylic acids is 1. The lowest BCUT2D eigenvalue weighted by Crippen LogP contribution is -2.46. The molecule has 1 amide bonds. The molecular weight excluding hydrogens is 360 g/mol. The fourth-order valence-electron chi connectivity index (χ4n) is 3.61. The van der Waals surface area contributed by atoms with E-state index in [0.29, 0.717) is 12.5 Å². The van der Waals surface area contributed by atoms with Gasteiger partial charge in [-0.2, -0.15) is 4.68 Å². The van der Waals surface area contributed by atoms with Gasteiger partial charge in [-0.05, 0) is 49.6 Å². The molecule has 0 aliphatic carbocycles. The Labute approximate surface area is 159 Å². The SMILES string of the molecule is Cl.O=C(NCC1CCCN(CCn2ccc([N+](=O)[O-])n2)C1)C1CCCN1. The lowest BCUT2D eigenvalue weighted by Gasteiger charge is -2.32. The summed E-state index contributed by atoms with van der Waals surface area (Å²) in [6, 6.07) is 1.40. The quantitative estimate of drug-likeness (QED) is 0.530. The highest BCUT2D eigenvalue weighted by molar-refractivity contribution is 5.85. The monoisotopic (exact) mass is 386 g/mol. The highest BCUT2D eigenvalue weighted by atomic mass is 35.5. The van der Waals surface area contributed by atoms with Gasteiger partial charge in [0.1, 0.15) is 0 Å². The highest BCUT2D eigenvalue weighted by Crippen LogP contribution is 2.16. The van der Waals surface area contributed by atoms with Crippen LogP contribution in [-0.2, 0) is 11.3 Å². The van der Waals surface area contributed by atoms with Crippen molar-refractivity contribution < 1.29 is 9.72 Å². The highest BCUT2D eigenvalue weighted by Gasteiger charge is 2.24. The summed E-state index contributed by atoms with van der Waals surface area (Å²) in [6.45, 7) is 5.08. The summed E-state index contributed by atoms with van der Waals surface area (Å²) >= 11 is 0. The number of carbonyl (C=O) groups is 1. The van der Waals surface area contributed by atoms with Crippen LogP contribution in [0.25, 0.3) is 0 Å². The van der Waals surface area contributed by atoms with E-state index in [0.717, 1.165) is 58.4 Å². The van der Waals surface area contributed by atoms with Gasteiger partial charge in [-0.25, -0.2) is 0 Å². The minimum Gasteiger partial charge on any atom is -0.358 e.